The van der Waals surface area contributed by atoms with E-state index in [2.05, 4.69) is 10.6 Å². The number of hydrogen-bond donors (Lipinski definition) is 2. The third-order valence-electron chi connectivity index (χ3n) is 3.78. The molecule has 1 unspecified atom stereocenters. The van der Waals surface area contributed by atoms with Crippen molar-refractivity contribution < 1.29 is 9.53 Å². The van der Waals surface area contributed by atoms with Gasteiger partial charge in [0.15, 0.2) is 0 Å². The van der Waals surface area contributed by atoms with E-state index < -0.39 is 0 Å². The number of aryl methyl sites for hydroxylation is 1. The van der Waals surface area contributed by atoms with Crippen molar-refractivity contribution in [3.63, 3.8) is 0 Å². The standard InChI is InChI=1S/C15H21ClN2O2.ClH/c1-11-5-3-6-12(13(11)16)14(19)17-9-15(10-20-2)7-4-8-18-15;/h3,5-6,18H,4,7-10H2,1-2H3,(H,17,19);1H. The first-order valence-electron chi connectivity index (χ1n) is 6.85. The second-order valence-electron chi connectivity index (χ2n) is 5.36. The van der Waals surface area contributed by atoms with Gasteiger partial charge in [-0.25, -0.2) is 0 Å². The third-order valence-corrected chi connectivity index (χ3v) is 4.28. The van der Waals surface area contributed by atoms with Gasteiger partial charge >= 0.3 is 0 Å². The van der Waals surface area contributed by atoms with E-state index in [4.69, 9.17) is 16.3 Å². The van der Waals surface area contributed by atoms with Crippen LogP contribution in [0, 0.1) is 6.92 Å². The molecule has 6 heteroatoms. The lowest BCUT2D eigenvalue weighted by atomic mass is 9.98. The van der Waals surface area contributed by atoms with Crippen molar-refractivity contribution >= 4 is 29.9 Å². The molecule has 1 fully saturated rings. The van der Waals surface area contributed by atoms with E-state index in [1.807, 2.05) is 19.1 Å². The number of halogens is 2. The van der Waals surface area contributed by atoms with E-state index in [0.29, 0.717) is 23.7 Å². The summed E-state index contributed by atoms with van der Waals surface area (Å²) in [6, 6.07) is 5.48. The highest BCUT2D eigenvalue weighted by Crippen LogP contribution is 2.22. The van der Waals surface area contributed by atoms with E-state index in [1.54, 1.807) is 13.2 Å². The average molecular weight is 333 g/mol. The van der Waals surface area contributed by atoms with Crippen LogP contribution < -0.4 is 10.6 Å². The predicted molar refractivity (Wildman–Crippen MR) is 87.6 cm³/mol. The van der Waals surface area contributed by atoms with Crippen LogP contribution in [0.1, 0.15) is 28.8 Å². The van der Waals surface area contributed by atoms with Crippen molar-refractivity contribution in [2.75, 3.05) is 26.8 Å². The number of benzene rings is 1. The van der Waals surface area contributed by atoms with Crippen LogP contribution in [0.15, 0.2) is 18.2 Å². The Kier molecular flexibility index (Phi) is 6.94. The zero-order valence-corrected chi connectivity index (χ0v) is 13.9. The van der Waals surface area contributed by atoms with Crippen LogP contribution in [0.4, 0.5) is 0 Å². The van der Waals surface area contributed by atoms with Crippen LogP contribution in [0.25, 0.3) is 0 Å². The lowest BCUT2D eigenvalue weighted by Gasteiger charge is -2.29. The summed E-state index contributed by atoms with van der Waals surface area (Å²) in [4.78, 5) is 12.3. The van der Waals surface area contributed by atoms with Gasteiger partial charge in [-0.05, 0) is 37.9 Å². The highest BCUT2D eigenvalue weighted by atomic mass is 35.5. The molecule has 0 bridgehead atoms. The molecule has 0 spiro atoms. The number of rotatable bonds is 5. The Morgan fingerprint density at radius 2 is 2.29 bits per heavy atom. The Balaban J connectivity index is 0.00000220. The van der Waals surface area contributed by atoms with Gasteiger partial charge < -0.3 is 15.4 Å². The maximum atomic E-state index is 12.3. The van der Waals surface area contributed by atoms with E-state index in [9.17, 15) is 4.79 Å². The molecule has 21 heavy (non-hydrogen) atoms. The summed E-state index contributed by atoms with van der Waals surface area (Å²) >= 11 is 6.18. The first-order chi connectivity index (χ1) is 9.58. The number of amides is 1. The molecule has 1 aromatic carbocycles. The zero-order chi connectivity index (χ0) is 14.6. The fourth-order valence-electron chi connectivity index (χ4n) is 2.64. The van der Waals surface area contributed by atoms with E-state index in [0.717, 1.165) is 24.9 Å². The number of hydrogen-bond acceptors (Lipinski definition) is 3. The Morgan fingerprint density at radius 3 is 2.90 bits per heavy atom. The maximum Gasteiger partial charge on any atom is 0.252 e. The van der Waals surface area contributed by atoms with Crippen LogP contribution in [0.2, 0.25) is 5.02 Å². The minimum Gasteiger partial charge on any atom is -0.383 e. The number of nitrogens with one attached hydrogen (secondary N) is 2. The van der Waals surface area contributed by atoms with Crippen molar-refractivity contribution in [1.29, 1.82) is 0 Å². The van der Waals surface area contributed by atoms with Crippen molar-refractivity contribution in [1.82, 2.24) is 10.6 Å². The second kappa shape index (κ2) is 7.99. The predicted octanol–water partition coefficient (Wildman–Crippen LogP) is 2.57. The van der Waals surface area contributed by atoms with Gasteiger partial charge in [-0.15, -0.1) is 12.4 Å². The van der Waals surface area contributed by atoms with Crippen LogP contribution in [-0.4, -0.2) is 38.3 Å². The molecule has 1 saturated heterocycles. The smallest absolute Gasteiger partial charge is 0.252 e. The summed E-state index contributed by atoms with van der Waals surface area (Å²) in [6.07, 6.45) is 2.10. The molecule has 4 nitrogen and oxygen atoms in total. The molecule has 1 heterocycles. The summed E-state index contributed by atoms with van der Waals surface area (Å²) in [6.45, 7) is 3.99. The maximum absolute atomic E-state index is 12.3. The number of methoxy groups -OCH3 is 1. The quantitative estimate of drug-likeness (QED) is 0.871. The van der Waals surface area contributed by atoms with Crippen molar-refractivity contribution in [2.24, 2.45) is 0 Å². The molecular formula is C15H22Cl2N2O2. The minimum atomic E-state index is -0.152. The monoisotopic (exact) mass is 332 g/mol. The highest BCUT2D eigenvalue weighted by molar-refractivity contribution is 6.34. The van der Waals surface area contributed by atoms with E-state index >= 15 is 0 Å². The van der Waals surface area contributed by atoms with Crippen molar-refractivity contribution in [3.8, 4) is 0 Å². The Morgan fingerprint density at radius 1 is 1.52 bits per heavy atom. The van der Waals surface area contributed by atoms with Gasteiger partial charge in [-0.3, -0.25) is 4.79 Å². The zero-order valence-electron chi connectivity index (χ0n) is 12.4. The van der Waals surface area contributed by atoms with Gasteiger partial charge in [0, 0.05) is 13.7 Å². The normalized spacial score (nSPS) is 20.9. The topological polar surface area (TPSA) is 50.4 Å². The molecule has 1 atom stereocenters. The number of carbonyl (C=O) groups is 1. The number of carbonyl (C=O) groups excluding carboxylic acids is 1. The Hall–Kier alpha value is -0.810. The van der Waals surface area contributed by atoms with Crippen LogP contribution in [-0.2, 0) is 4.74 Å². The largest absolute Gasteiger partial charge is 0.383 e. The Bertz CT molecular complexity index is 489. The third kappa shape index (κ3) is 4.33. The molecule has 0 aromatic heterocycles. The summed E-state index contributed by atoms with van der Waals surface area (Å²) < 4.78 is 5.27. The van der Waals surface area contributed by atoms with Crippen molar-refractivity contribution in [3.05, 3.63) is 34.3 Å². The van der Waals surface area contributed by atoms with E-state index in [1.165, 1.54) is 0 Å². The summed E-state index contributed by atoms with van der Waals surface area (Å²) in [5.41, 5.74) is 1.28. The van der Waals surface area contributed by atoms with E-state index in [-0.39, 0.29) is 23.9 Å². The first-order valence-corrected chi connectivity index (χ1v) is 7.23. The molecule has 0 aliphatic carbocycles. The fraction of sp³-hybridized carbons (Fsp3) is 0.533. The van der Waals surface area contributed by atoms with Crippen LogP contribution in [0.3, 0.4) is 0 Å². The highest BCUT2D eigenvalue weighted by Gasteiger charge is 2.33. The lowest BCUT2D eigenvalue weighted by molar-refractivity contribution is 0.0892. The molecule has 1 aliphatic rings. The number of ether oxygens (including phenoxy) is 1. The van der Waals surface area contributed by atoms with Crippen LogP contribution >= 0.6 is 24.0 Å². The van der Waals surface area contributed by atoms with Gasteiger partial charge in [-0.1, -0.05) is 23.7 Å². The summed E-state index contributed by atoms with van der Waals surface area (Å²) in [7, 11) is 1.68. The summed E-state index contributed by atoms with van der Waals surface area (Å²) in [5.74, 6) is -0.136. The Labute approximate surface area is 137 Å². The minimum absolute atomic E-state index is 0. The van der Waals surface area contributed by atoms with Gasteiger partial charge in [0.2, 0.25) is 0 Å². The lowest BCUT2D eigenvalue weighted by Crippen LogP contribution is -2.53. The average Bonchev–Trinajstić information content (AvgIpc) is 2.89. The van der Waals surface area contributed by atoms with Gasteiger partial charge in [0.1, 0.15) is 0 Å². The molecule has 2 rings (SSSR count). The molecule has 1 amide bonds. The van der Waals surface area contributed by atoms with Gasteiger partial charge in [0.25, 0.3) is 5.91 Å². The summed E-state index contributed by atoms with van der Waals surface area (Å²) in [5, 5.41) is 6.92. The second-order valence-corrected chi connectivity index (χ2v) is 5.74. The molecule has 118 valence electrons. The SMILES string of the molecule is COCC1(CNC(=O)c2cccc(C)c2Cl)CCCN1.Cl. The molecule has 0 saturated carbocycles. The van der Waals surface area contributed by atoms with Gasteiger partial charge in [0.05, 0.1) is 22.7 Å². The van der Waals surface area contributed by atoms with Gasteiger partial charge in [-0.2, -0.15) is 0 Å². The first kappa shape index (κ1) is 18.2. The molecule has 2 N–H and O–H groups in total. The molecule has 1 aliphatic heterocycles. The van der Waals surface area contributed by atoms with Crippen LogP contribution in [0.5, 0.6) is 0 Å². The molecule has 0 radical (unpaired) electrons. The fourth-order valence-corrected chi connectivity index (χ4v) is 2.85. The van der Waals surface area contributed by atoms with Crippen molar-refractivity contribution in [2.45, 2.75) is 25.3 Å². The molecule has 1 aromatic rings. The molecular weight excluding hydrogens is 311 g/mol.